The monoisotopic (exact) mass is 315 g/mol. The normalized spacial score (nSPS) is 10.5. The van der Waals surface area contributed by atoms with E-state index in [0.29, 0.717) is 23.3 Å². The smallest absolute Gasteiger partial charge is 0.307 e. The quantitative estimate of drug-likeness (QED) is 0.637. The molecule has 6 nitrogen and oxygen atoms in total. The Hall–Kier alpha value is -2.35. The highest BCUT2D eigenvalue weighted by molar-refractivity contribution is 6.30. The fraction of sp³-hybridized carbons (Fsp3) is 0.167. The maximum Gasteiger partial charge on any atom is 0.307 e. The van der Waals surface area contributed by atoms with Crippen molar-refractivity contribution in [1.29, 1.82) is 0 Å². The number of ether oxygens (including phenoxy) is 1. The van der Waals surface area contributed by atoms with E-state index in [2.05, 4.69) is 10.2 Å². The first-order valence-corrected chi connectivity index (χ1v) is 5.99. The lowest BCUT2D eigenvalue weighted by atomic mass is 10.2. The predicted octanol–water partition coefficient (Wildman–Crippen LogP) is 3.73. The van der Waals surface area contributed by atoms with Crippen LogP contribution in [0, 0.1) is 35.6 Å². The minimum absolute atomic E-state index is 0.0657. The van der Waals surface area contributed by atoms with Crippen LogP contribution >= 0.6 is 11.6 Å². The van der Waals surface area contributed by atoms with Crippen molar-refractivity contribution in [3.8, 4) is 11.6 Å². The van der Waals surface area contributed by atoms with Gasteiger partial charge in [-0.05, 0) is 19.4 Å². The van der Waals surface area contributed by atoms with Crippen LogP contribution in [0.25, 0.3) is 0 Å². The van der Waals surface area contributed by atoms with Crippen LogP contribution in [0.1, 0.15) is 11.1 Å². The second kappa shape index (κ2) is 5.57. The molecule has 0 fully saturated rings. The first kappa shape index (κ1) is 15.0. The SMILES string of the molecule is Cc1c(Cl)nnc(Oc2cc(F)c([N+](=O)[O-])cc2F)c1C. The Morgan fingerprint density at radius 2 is 1.86 bits per heavy atom. The first-order valence-electron chi connectivity index (χ1n) is 5.62. The minimum atomic E-state index is -1.22. The zero-order valence-electron chi connectivity index (χ0n) is 10.9. The molecule has 0 radical (unpaired) electrons. The molecule has 0 atom stereocenters. The number of hydrogen-bond acceptors (Lipinski definition) is 5. The van der Waals surface area contributed by atoms with Gasteiger partial charge in [-0.1, -0.05) is 11.6 Å². The second-order valence-electron chi connectivity index (χ2n) is 4.14. The van der Waals surface area contributed by atoms with E-state index in [0.717, 1.165) is 0 Å². The molecule has 0 aliphatic carbocycles. The summed E-state index contributed by atoms with van der Waals surface area (Å²) in [6, 6.07) is 1.02. The first-order chi connectivity index (χ1) is 9.81. The molecule has 0 aliphatic rings. The summed E-state index contributed by atoms with van der Waals surface area (Å²) in [5, 5.41) is 17.9. The molecule has 1 aromatic carbocycles. The van der Waals surface area contributed by atoms with Crippen molar-refractivity contribution in [3.63, 3.8) is 0 Å². The summed E-state index contributed by atoms with van der Waals surface area (Å²) < 4.78 is 32.3. The molecular weight excluding hydrogens is 308 g/mol. The average Bonchev–Trinajstić information content (AvgIpc) is 2.42. The number of halogens is 3. The van der Waals surface area contributed by atoms with E-state index in [9.17, 15) is 18.9 Å². The van der Waals surface area contributed by atoms with E-state index < -0.39 is 28.0 Å². The van der Waals surface area contributed by atoms with E-state index in [4.69, 9.17) is 16.3 Å². The fourth-order valence-corrected chi connectivity index (χ4v) is 1.67. The van der Waals surface area contributed by atoms with Crippen molar-refractivity contribution in [1.82, 2.24) is 10.2 Å². The Morgan fingerprint density at radius 1 is 1.19 bits per heavy atom. The number of nitro benzene ring substituents is 1. The van der Waals surface area contributed by atoms with Crippen molar-refractivity contribution in [2.45, 2.75) is 13.8 Å². The standard InChI is InChI=1S/C12H8ClF2N3O3/c1-5-6(2)12(17-16-11(5)13)21-10-4-7(14)9(18(19)20)3-8(10)15/h3-4H,1-2H3. The summed E-state index contributed by atoms with van der Waals surface area (Å²) in [5.41, 5.74) is 0.0903. The lowest BCUT2D eigenvalue weighted by Gasteiger charge is -2.10. The fourth-order valence-electron chi connectivity index (χ4n) is 1.49. The van der Waals surface area contributed by atoms with Crippen LogP contribution in [0.4, 0.5) is 14.5 Å². The molecule has 0 amide bonds. The number of benzene rings is 1. The molecule has 0 spiro atoms. The van der Waals surface area contributed by atoms with Crippen LogP contribution < -0.4 is 4.74 Å². The third kappa shape index (κ3) is 2.89. The maximum absolute atomic E-state index is 13.7. The van der Waals surface area contributed by atoms with Crippen LogP contribution in [0.5, 0.6) is 11.6 Å². The minimum Gasteiger partial charge on any atom is -0.434 e. The number of aromatic nitrogens is 2. The molecule has 0 N–H and O–H groups in total. The number of hydrogen-bond donors (Lipinski definition) is 0. The topological polar surface area (TPSA) is 78.2 Å². The molecule has 21 heavy (non-hydrogen) atoms. The van der Waals surface area contributed by atoms with Gasteiger partial charge in [-0.3, -0.25) is 10.1 Å². The van der Waals surface area contributed by atoms with Crippen molar-refractivity contribution in [3.05, 3.63) is 50.2 Å². The molecule has 2 rings (SSSR count). The van der Waals surface area contributed by atoms with E-state index in [1.54, 1.807) is 13.8 Å². The van der Waals surface area contributed by atoms with Crippen LogP contribution in [0.3, 0.4) is 0 Å². The third-order valence-corrected chi connectivity index (χ3v) is 3.19. The number of nitro groups is 1. The van der Waals surface area contributed by atoms with E-state index in [1.165, 1.54) is 0 Å². The van der Waals surface area contributed by atoms with Crippen molar-refractivity contribution in [2.75, 3.05) is 0 Å². The Labute approximate surface area is 122 Å². The van der Waals surface area contributed by atoms with E-state index in [1.807, 2.05) is 0 Å². The molecule has 110 valence electrons. The summed E-state index contributed by atoms with van der Waals surface area (Å²) in [7, 11) is 0. The van der Waals surface area contributed by atoms with E-state index in [-0.39, 0.29) is 11.0 Å². The van der Waals surface area contributed by atoms with Gasteiger partial charge in [-0.2, -0.15) is 4.39 Å². The van der Waals surface area contributed by atoms with Crippen LogP contribution in [0.2, 0.25) is 5.15 Å². The third-order valence-electron chi connectivity index (χ3n) is 2.83. The molecular formula is C12H8ClF2N3O3. The highest BCUT2D eigenvalue weighted by Crippen LogP contribution is 2.31. The molecule has 0 saturated carbocycles. The predicted molar refractivity (Wildman–Crippen MR) is 69.6 cm³/mol. The van der Waals surface area contributed by atoms with E-state index >= 15 is 0 Å². The van der Waals surface area contributed by atoms with Gasteiger partial charge in [0.25, 0.3) is 0 Å². The summed E-state index contributed by atoms with van der Waals surface area (Å²) in [6.07, 6.45) is 0. The summed E-state index contributed by atoms with van der Waals surface area (Å²) in [6.45, 7) is 3.27. The maximum atomic E-state index is 13.7. The summed E-state index contributed by atoms with van der Waals surface area (Å²) >= 11 is 5.76. The Kier molecular flexibility index (Phi) is 3.99. The van der Waals surface area contributed by atoms with Gasteiger partial charge in [-0.25, -0.2) is 4.39 Å². The molecule has 2 aromatic rings. The molecule has 1 aromatic heterocycles. The molecule has 0 saturated heterocycles. The lowest BCUT2D eigenvalue weighted by Crippen LogP contribution is -2.00. The van der Waals surface area contributed by atoms with Gasteiger partial charge < -0.3 is 4.74 Å². The van der Waals surface area contributed by atoms with Crippen molar-refractivity contribution < 1.29 is 18.4 Å². The zero-order chi connectivity index (χ0) is 15.7. The van der Waals surface area contributed by atoms with Crippen molar-refractivity contribution >= 4 is 17.3 Å². The van der Waals surface area contributed by atoms with Gasteiger partial charge in [-0.15, -0.1) is 10.2 Å². The van der Waals surface area contributed by atoms with Gasteiger partial charge >= 0.3 is 5.69 Å². The number of nitrogens with zero attached hydrogens (tertiary/aromatic N) is 3. The van der Waals surface area contributed by atoms with Crippen LogP contribution in [0.15, 0.2) is 12.1 Å². The van der Waals surface area contributed by atoms with Gasteiger partial charge in [0, 0.05) is 11.6 Å². The lowest BCUT2D eigenvalue weighted by molar-refractivity contribution is -0.387. The second-order valence-corrected chi connectivity index (χ2v) is 4.50. The van der Waals surface area contributed by atoms with Gasteiger partial charge in [0.05, 0.1) is 11.0 Å². The van der Waals surface area contributed by atoms with Gasteiger partial charge in [0.15, 0.2) is 16.7 Å². The number of rotatable bonds is 3. The molecule has 9 heteroatoms. The average molecular weight is 316 g/mol. The Balaban J connectivity index is 2.43. The molecule has 0 unspecified atom stereocenters. The molecule has 1 heterocycles. The highest BCUT2D eigenvalue weighted by Gasteiger charge is 2.21. The summed E-state index contributed by atoms with van der Waals surface area (Å²) in [5.74, 6) is -2.90. The highest BCUT2D eigenvalue weighted by atomic mass is 35.5. The molecule has 0 bridgehead atoms. The zero-order valence-corrected chi connectivity index (χ0v) is 11.6. The van der Waals surface area contributed by atoms with Crippen molar-refractivity contribution in [2.24, 2.45) is 0 Å². The molecule has 0 aliphatic heterocycles. The van der Waals surface area contributed by atoms with Gasteiger partial charge in [0.2, 0.25) is 11.7 Å². The van der Waals surface area contributed by atoms with Gasteiger partial charge in [0.1, 0.15) is 0 Å². The van der Waals surface area contributed by atoms with Crippen LogP contribution in [-0.2, 0) is 0 Å². The Bertz CT molecular complexity index is 740. The summed E-state index contributed by atoms with van der Waals surface area (Å²) in [4.78, 5) is 9.47. The van der Waals surface area contributed by atoms with Crippen LogP contribution in [-0.4, -0.2) is 15.1 Å². The largest absolute Gasteiger partial charge is 0.434 e. The Morgan fingerprint density at radius 3 is 2.48 bits per heavy atom.